The standard InChI is InChI=1S/C16H18N6O2/c1-11-8-21(2)9-13(23-11)16-19-15(20-24-16)12-4-3-5-14(18-12)22-7-6-17-10-22/h3-7,10-11,13H,8-9H2,1-2H3/t11-,13-/m1/s1. The molecule has 124 valence electrons. The maximum atomic E-state index is 5.90. The SMILES string of the molecule is C[C@@H]1CN(C)C[C@H](c2nc(-c3cccc(-n4ccnc4)n3)no2)O1. The minimum atomic E-state index is -0.211. The molecular formula is C16H18N6O2. The minimum absolute atomic E-state index is 0.131. The number of likely N-dealkylation sites (N-methyl/N-ethyl adjacent to an activating group) is 1. The molecule has 0 aromatic carbocycles. The Labute approximate surface area is 139 Å². The second-order valence-electron chi connectivity index (χ2n) is 5.96. The van der Waals surface area contributed by atoms with Crippen LogP contribution in [-0.2, 0) is 4.74 Å². The van der Waals surface area contributed by atoms with Crippen molar-refractivity contribution in [3.8, 4) is 17.3 Å². The summed E-state index contributed by atoms with van der Waals surface area (Å²) in [7, 11) is 2.06. The molecule has 0 radical (unpaired) electrons. The van der Waals surface area contributed by atoms with E-state index < -0.39 is 0 Å². The van der Waals surface area contributed by atoms with Crippen LogP contribution in [0.5, 0.6) is 0 Å². The van der Waals surface area contributed by atoms with E-state index in [1.807, 2.05) is 35.9 Å². The quantitative estimate of drug-likeness (QED) is 0.724. The molecule has 8 heteroatoms. The van der Waals surface area contributed by atoms with Gasteiger partial charge in [-0.15, -0.1) is 0 Å². The van der Waals surface area contributed by atoms with Crippen LogP contribution in [0.3, 0.4) is 0 Å². The molecular weight excluding hydrogens is 308 g/mol. The molecule has 0 spiro atoms. The highest BCUT2D eigenvalue weighted by molar-refractivity contribution is 5.50. The number of morpholine rings is 1. The van der Waals surface area contributed by atoms with E-state index in [1.54, 1.807) is 12.5 Å². The third-order valence-electron chi connectivity index (χ3n) is 3.89. The lowest BCUT2D eigenvalue weighted by molar-refractivity contribution is -0.0838. The predicted molar refractivity (Wildman–Crippen MR) is 85.4 cm³/mol. The normalized spacial score (nSPS) is 21.9. The zero-order valence-electron chi connectivity index (χ0n) is 13.5. The highest BCUT2D eigenvalue weighted by Gasteiger charge is 2.29. The fourth-order valence-electron chi connectivity index (χ4n) is 2.86. The number of rotatable bonds is 3. The summed E-state index contributed by atoms with van der Waals surface area (Å²) in [5.41, 5.74) is 0.647. The maximum Gasteiger partial charge on any atom is 0.257 e. The Hall–Kier alpha value is -2.58. The molecule has 0 amide bonds. The van der Waals surface area contributed by atoms with Crippen molar-refractivity contribution in [2.45, 2.75) is 19.1 Å². The van der Waals surface area contributed by atoms with Gasteiger partial charge in [-0.3, -0.25) is 4.57 Å². The molecule has 0 bridgehead atoms. The summed E-state index contributed by atoms with van der Waals surface area (Å²) in [6.45, 7) is 3.66. The van der Waals surface area contributed by atoms with Crippen molar-refractivity contribution in [3.63, 3.8) is 0 Å². The predicted octanol–water partition coefficient (Wildman–Crippen LogP) is 1.71. The lowest BCUT2D eigenvalue weighted by atomic mass is 10.2. The van der Waals surface area contributed by atoms with E-state index in [-0.39, 0.29) is 12.2 Å². The summed E-state index contributed by atoms with van der Waals surface area (Å²) < 4.78 is 13.1. The second-order valence-corrected chi connectivity index (χ2v) is 5.96. The molecule has 2 atom stereocenters. The lowest BCUT2D eigenvalue weighted by Crippen LogP contribution is -2.40. The molecule has 8 nitrogen and oxygen atoms in total. The Kier molecular flexibility index (Phi) is 3.83. The van der Waals surface area contributed by atoms with Gasteiger partial charge in [-0.1, -0.05) is 11.2 Å². The summed E-state index contributed by atoms with van der Waals surface area (Å²) in [6, 6.07) is 5.65. The van der Waals surface area contributed by atoms with Gasteiger partial charge in [0.25, 0.3) is 5.89 Å². The Morgan fingerprint density at radius 3 is 2.92 bits per heavy atom. The Bertz CT molecular complexity index is 806. The van der Waals surface area contributed by atoms with E-state index in [0.717, 1.165) is 18.9 Å². The number of imidazole rings is 1. The van der Waals surface area contributed by atoms with E-state index in [1.165, 1.54) is 0 Å². The van der Waals surface area contributed by atoms with Crippen LogP contribution in [0.15, 0.2) is 41.4 Å². The van der Waals surface area contributed by atoms with Crippen LogP contribution in [0.1, 0.15) is 18.9 Å². The summed E-state index contributed by atoms with van der Waals surface area (Å²) in [4.78, 5) is 15.3. The van der Waals surface area contributed by atoms with Gasteiger partial charge in [-0.05, 0) is 26.1 Å². The van der Waals surface area contributed by atoms with E-state index in [4.69, 9.17) is 9.26 Å². The molecule has 24 heavy (non-hydrogen) atoms. The van der Waals surface area contributed by atoms with Gasteiger partial charge in [0.05, 0.1) is 6.10 Å². The fourth-order valence-corrected chi connectivity index (χ4v) is 2.86. The van der Waals surface area contributed by atoms with Gasteiger partial charge in [-0.25, -0.2) is 9.97 Å². The van der Waals surface area contributed by atoms with Gasteiger partial charge in [0.2, 0.25) is 5.82 Å². The maximum absolute atomic E-state index is 5.90. The van der Waals surface area contributed by atoms with Crippen molar-refractivity contribution in [3.05, 3.63) is 42.8 Å². The summed E-state index contributed by atoms with van der Waals surface area (Å²) in [5, 5.41) is 4.06. The number of nitrogens with zero attached hydrogens (tertiary/aromatic N) is 6. The van der Waals surface area contributed by atoms with Gasteiger partial charge in [-0.2, -0.15) is 4.98 Å². The first-order valence-corrected chi connectivity index (χ1v) is 7.82. The van der Waals surface area contributed by atoms with Crippen LogP contribution in [0.2, 0.25) is 0 Å². The van der Waals surface area contributed by atoms with Crippen LogP contribution in [0, 0.1) is 0 Å². The van der Waals surface area contributed by atoms with Gasteiger partial charge in [0.15, 0.2) is 0 Å². The number of hydrogen-bond acceptors (Lipinski definition) is 7. The molecule has 0 unspecified atom stereocenters. The molecule has 4 heterocycles. The lowest BCUT2D eigenvalue weighted by Gasteiger charge is -2.32. The average Bonchev–Trinajstić information content (AvgIpc) is 3.26. The Morgan fingerprint density at radius 2 is 2.12 bits per heavy atom. The third kappa shape index (κ3) is 2.93. The Balaban J connectivity index is 1.60. The zero-order valence-corrected chi connectivity index (χ0v) is 13.5. The first-order valence-electron chi connectivity index (χ1n) is 7.82. The van der Waals surface area contributed by atoms with Crippen molar-refractivity contribution < 1.29 is 9.26 Å². The van der Waals surface area contributed by atoms with Crippen molar-refractivity contribution >= 4 is 0 Å². The molecule has 1 aliphatic rings. The molecule has 1 aliphatic heterocycles. The van der Waals surface area contributed by atoms with Crippen LogP contribution in [0.4, 0.5) is 0 Å². The van der Waals surface area contributed by atoms with Crippen LogP contribution < -0.4 is 0 Å². The van der Waals surface area contributed by atoms with Gasteiger partial charge >= 0.3 is 0 Å². The van der Waals surface area contributed by atoms with Crippen LogP contribution >= 0.6 is 0 Å². The molecule has 0 aliphatic carbocycles. The summed E-state index contributed by atoms with van der Waals surface area (Å²) >= 11 is 0. The van der Waals surface area contributed by atoms with E-state index in [9.17, 15) is 0 Å². The molecule has 3 aromatic heterocycles. The summed E-state index contributed by atoms with van der Waals surface area (Å²) in [6.07, 6.45) is 5.16. The van der Waals surface area contributed by atoms with Crippen LogP contribution in [-0.4, -0.2) is 55.8 Å². The van der Waals surface area contributed by atoms with Crippen molar-refractivity contribution in [2.75, 3.05) is 20.1 Å². The van der Waals surface area contributed by atoms with Crippen molar-refractivity contribution in [2.24, 2.45) is 0 Å². The minimum Gasteiger partial charge on any atom is -0.363 e. The largest absolute Gasteiger partial charge is 0.363 e. The molecule has 1 fully saturated rings. The smallest absolute Gasteiger partial charge is 0.257 e. The van der Waals surface area contributed by atoms with E-state index in [0.29, 0.717) is 17.4 Å². The third-order valence-corrected chi connectivity index (χ3v) is 3.89. The number of aromatic nitrogens is 5. The molecule has 0 N–H and O–H groups in total. The van der Waals surface area contributed by atoms with Gasteiger partial charge < -0.3 is 14.2 Å². The molecule has 3 aromatic rings. The number of pyridine rings is 1. The first kappa shape index (κ1) is 15.0. The first-order chi connectivity index (χ1) is 11.7. The number of ether oxygens (including phenoxy) is 1. The zero-order chi connectivity index (χ0) is 16.5. The Morgan fingerprint density at radius 1 is 1.21 bits per heavy atom. The second kappa shape index (κ2) is 6.14. The topological polar surface area (TPSA) is 82.1 Å². The average molecular weight is 326 g/mol. The highest BCUT2D eigenvalue weighted by atomic mass is 16.5. The van der Waals surface area contributed by atoms with E-state index in [2.05, 4.69) is 32.1 Å². The highest BCUT2D eigenvalue weighted by Crippen LogP contribution is 2.25. The van der Waals surface area contributed by atoms with Crippen LogP contribution in [0.25, 0.3) is 17.3 Å². The van der Waals surface area contributed by atoms with Crippen molar-refractivity contribution in [1.29, 1.82) is 0 Å². The molecule has 4 rings (SSSR count). The molecule has 0 saturated carbocycles. The van der Waals surface area contributed by atoms with E-state index >= 15 is 0 Å². The summed E-state index contributed by atoms with van der Waals surface area (Å²) in [5.74, 6) is 1.69. The van der Waals surface area contributed by atoms with Gasteiger partial charge in [0.1, 0.15) is 23.9 Å². The monoisotopic (exact) mass is 326 g/mol. The van der Waals surface area contributed by atoms with Gasteiger partial charge in [0, 0.05) is 25.5 Å². The fraction of sp³-hybridized carbons (Fsp3) is 0.375. The number of hydrogen-bond donors (Lipinski definition) is 0. The van der Waals surface area contributed by atoms with Crippen molar-refractivity contribution in [1.82, 2.24) is 29.6 Å². The molecule has 1 saturated heterocycles.